The molecule has 4 N–H and O–H groups in total. The third kappa shape index (κ3) is 7.85. The molecule has 0 heterocycles. The summed E-state index contributed by atoms with van der Waals surface area (Å²) >= 11 is 0. The number of hydrogen-bond acceptors (Lipinski definition) is 7. The maximum atomic E-state index is 11.9. The molecule has 0 amide bonds. The lowest BCUT2D eigenvalue weighted by Gasteiger charge is -2.24. The molecule has 0 aliphatic carbocycles. The largest absolute Gasteiger partial charge is 0.504 e. The van der Waals surface area contributed by atoms with Gasteiger partial charge in [-0.05, 0) is 58.5 Å². The van der Waals surface area contributed by atoms with E-state index in [1.165, 1.54) is 12.1 Å². The van der Waals surface area contributed by atoms with Gasteiger partial charge in [0.2, 0.25) is 0 Å². The first-order chi connectivity index (χ1) is 11.4. The number of likely N-dealkylation sites (N-methyl/N-ethyl adjacent to an activating group) is 1. The highest BCUT2D eigenvalue weighted by atomic mass is 31.2. The van der Waals surface area contributed by atoms with Crippen molar-refractivity contribution in [3.63, 3.8) is 0 Å². The van der Waals surface area contributed by atoms with E-state index in [9.17, 15) is 14.5 Å². The second-order valence-corrected chi connectivity index (χ2v) is 7.51. The van der Waals surface area contributed by atoms with Gasteiger partial charge in [0.15, 0.2) is 11.5 Å². The lowest BCUT2D eigenvalue weighted by molar-refractivity contribution is -0.218. The molecule has 1 unspecified atom stereocenters. The van der Waals surface area contributed by atoms with E-state index in [2.05, 4.69) is 9.84 Å². The van der Waals surface area contributed by atoms with Crippen molar-refractivity contribution in [3.05, 3.63) is 23.8 Å². The van der Waals surface area contributed by atoms with E-state index in [0.29, 0.717) is 13.0 Å². The smallest absolute Gasteiger partial charge is 0.475 e. The summed E-state index contributed by atoms with van der Waals surface area (Å²) in [6.07, 6.45) is 0.624. The topological polar surface area (TPSA) is 135 Å². The summed E-state index contributed by atoms with van der Waals surface area (Å²) < 4.78 is 25.5. The minimum absolute atomic E-state index is 0.131. The molecule has 0 saturated carbocycles. The summed E-state index contributed by atoms with van der Waals surface area (Å²) in [5.41, 5.74) is -0.157. The number of carbonyl (C=O) groups is 1. The predicted octanol–water partition coefficient (Wildman–Crippen LogP) is 1.52. The Hall–Kier alpha value is -1.64. The molecular weight excluding hydrogens is 353 g/mol. The van der Waals surface area contributed by atoms with Gasteiger partial charge in [0.25, 0.3) is 0 Å². The van der Waals surface area contributed by atoms with Gasteiger partial charge < -0.3 is 29.7 Å². The number of phenols is 1. The van der Waals surface area contributed by atoms with Crippen molar-refractivity contribution in [1.82, 2.24) is 5.32 Å². The van der Waals surface area contributed by atoms with E-state index in [4.69, 9.17) is 19.3 Å². The minimum Gasteiger partial charge on any atom is -0.504 e. The lowest BCUT2D eigenvalue weighted by atomic mass is 9.98. The van der Waals surface area contributed by atoms with Gasteiger partial charge in [-0.25, -0.2) is 9.09 Å². The summed E-state index contributed by atoms with van der Waals surface area (Å²) in [4.78, 5) is 29.9. The first-order valence-corrected chi connectivity index (χ1v) is 9.03. The van der Waals surface area contributed by atoms with Crippen LogP contribution in [0.25, 0.3) is 0 Å². The predicted molar refractivity (Wildman–Crippen MR) is 88.8 cm³/mol. The highest BCUT2D eigenvalue weighted by molar-refractivity contribution is 7.46. The number of rotatable bonds is 8. The summed E-state index contributed by atoms with van der Waals surface area (Å²) in [6, 6.07) is 4.49. The molecule has 1 rings (SSSR count). The quantitative estimate of drug-likeness (QED) is 0.302. The number of ether oxygens (including phenoxy) is 2. The second kappa shape index (κ2) is 8.64. The number of benzene rings is 1. The first-order valence-electron chi connectivity index (χ1n) is 7.50. The zero-order valence-corrected chi connectivity index (χ0v) is 15.4. The zero-order chi connectivity index (χ0) is 19.3. The van der Waals surface area contributed by atoms with Crippen LogP contribution in [-0.4, -0.2) is 40.9 Å². The van der Waals surface area contributed by atoms with Crippen molar-refractivity contribution in [2.45, 2.75) is 33.7 Å². The molecule has 0 radical (unpaired) electrons. The molecule has 9 nitrogen and oxygen atoms in total. The van der Waals surface area contributed by atoms with Gasteiger partial charge in [-0.2, -0.15) is 0 Å². The van der Waals surface area contributed by atoms with Crippen molar-refractivity contribution >= 4 is 13.8 Å². The molecule has 0 bridgehead atoms. The third-order valence-corrected chi connectivity index (χ3v) is 3.40. The van der Waals surface area contributed by atoms with Crippen LogP contribution in [0, 0.1) is 5.41 Å². The van der Waals surface area contributed by atoms with Crippen molar-refractivity contribution in [2.75, 3.05) is 13.6 Å². The SMILES string of the molecule is CNCCc1ccc(O)c(OC(OC(=O)C(C)(C)C)OP(=O)(O)O)c1. The molecule has 1 aromatic rings. The second-order valence-electron chi connectivity index (χ2n) is 6.31. The van der Waals surface area contributed by atoms with Crippen LogP contribution < -0.4 is 10.1 Å². The molecule has 10 heteroatoms. The monoisotopic (exact) mass is 377 g/mol. The van der Waals surface area contributed by atoms with Crippen LogP contribution in [0.3, 0.4) is 0 Å². The molecule has 142 valence electrons. The number of phenolic OH excluding ortho intramolecular Hbond substituents is 1. The standard InChI is InChI=1S/C15H24NO8P/c1-15(2,3)13(18)23-14(24-25(19,20)21)22-12-9-10(7-8-16-4)5-6-11(12)17/h5-6,9,14,16-17H,7-8H2,1-4H3,(H2,19,20,21). The van der Waals surface area contributed by atoms with Crippen molar-refractivity contribution in [2.24, 2.45) is 5.41 Å². The van der Waals surface area contributed by atoms with Gasteiger partial charge in [0.1, 0.15) is 0 Å². The number of phosphoric acid groups is 1. The normalized spacial score (nSPS) is 13.4. The van der Waals surface area contributed by atoms with Gasteiger partial charge in [-0.15, -0.1) is 0 Å². The van der Waals surface area contributed by atoms with Crippen LogP contribution >= 0.6 is 7.82 Å². The summed E-state index contributed by atoms with van der Waals surface area (Å²) in [5, 5.41) is 12.8. The first kappa shape index (κ1) is 21.4. The zero-order valence-electron chi connectivity index (χ0n) is 14.6. The Morgan fingerprint density at radius 1 is 1.32 bits per heavy atom. The fourth-order valence-electron chi connectivity index (χ4n) is 1.62. The number of aromatic hydroxyl groups is 1. The molecule has 0 fully saturated rings. The van der Waals surface area contributed by atoms with Crippen molar-refractivity contribution < 1.29 is 38.3 Å². The van der Waals surface area contributed by atoms with E-state index in [-0.39, 0.29) is 11.5 Å². The van der Waals surface area contributed by atoms with E-state index >= 15 is 0 Å². The average Bonchev–Trinajstić information content (AvgIpc) is 2.45. The molecule has 0 saturated heterocycles. The van der Waals surface area contributed by atoms with Crippen LogP contribution in [0.4, 0.5) is 0 Å². The van der Waals surface area contributed by atoms with Crippen molar-refractivity contribution in [1.29, 1.82) is 0 Å². The van der Waals surface area contributed by atoms with Gasteiger partial charge in [0.05, 0.1) is 5.41 Å². The Balaban J connectivity index is 3.00. The Kier molecular flexibility index (Phi) is 7.40. The number of carbonyl (C=O) groups excluding carboxylic acids is 1. The maximum Gasteiger partial charge on any atom is 0.475 e. The molecule has 1 aromatic carbocycles. The average molecular weight is 377 g/mol. The van der Waals surface area contributed by atoms with Gasteiger partial charge in [-0.3, -0.25) is 4.79 Å². The van der Waals surface area contributed by atoms with Crippen molar-refractivity contribution in [3.8, 4) is 11.5 Å². The molecule has 0 aliphatic rings. The summed E-state index contributed by atoms with van der Waals surface area (Å²) in [5.74, 6) is -1.22. The molecular formula is C15H24NO8P. The molecule has 1 atom stereocenters. The Morgan fingerprint density at radius 2 is 1.96 bits per heavy atom. The fourth-order valence-corrected chi connectivity index (χ4v) is 1.94. The molecule has 25 heavy (non-hydrogen) atoms. The van der Waals surface area contributed by atoms with Gasteiger partial charge in [0, 0.05) is 0 Å². The summed E-state index contributed by atoms with van der Waals surface area (Å²) in [6.45, 7) is 3.32. The number of hydrogen-bond donors (Lipinski definition) is 4. The van der Waals surface area contributed by atoms with Crippen LogP contribution in [0.5, 0.6) is 11.5 Å². The van der Waals surface area contributed by atoms with Crippen LogP contribution in [0.2, 0.25) is 0 Å². The summed E-state index contributed by atoms with van der Waals surface area (Å²) in [7, 11) is -3.22. The Labute approximate surface area is 146 Å². The number of esters is 1. The van der Waals surface area contributed by atoms with E-state index in [1.807, 2.05) is 0 Å². The van der Waals surface area contributed by atoms with Crippen LogP contribution in [-0.2, 0) is 25.0 Å². The van der Waals surface area contributed by atoms with Crippen LogP contribution in [0.1, 0.15) is 26.3 Å². The number of phosphoric ester groups is 1. The van der Waals surface area contributed by atoms with Crippen LogP contribution in [0.15, 0.2) is 18.2 Å². The van der Waals surface area contributed by atoms with Gasteiger partial charge in [-0.1, -0.05) is 6.07 Å². The van der Waals surface area contributed by atoms with E-state index < -0.39 is 25.7 Å². The highest BCUT2D eigenvalue weighted by Crippen LogP contribution is 2.39. The maximum absolute atomic E-state index is 11.9. The van der Waals surface area contributed by atoms with E-state index in [0.717, 1.165) is 5.56 Å². The third-order valence-electron chi connectivity index (χ3n) is 2.95. The molecule has 0 aromatic heterocycles. The molecule has 0 aliphatic heterocycles. The highest BCUT2D eigenvalue weighted by Gasteiger charge is 2.32. The lowest BCUT2D eigenvalue weighted by Crippen LogP contribution is -2.32. The Morgan fingerprint density at radius 3 is 2.48 bits per heavy atom. The number of nitrogens with one attached hydrogen (secondary N) is 1. The Bertz CT molecular complexity index is 637. The molecule has 0 spiro atoms. The van der Waals surface area contributed by atoms with Gasteiger partial charge >= 0.3 is 20.3 Å². The minimum atomic E-state index is -5.01. The van der Waals surface area contributed by atoms with E-state index in [1.54, 1.807) is 33.9 Å². The fraction of sp³-hybridized carbons (Fsp3) is 0.533.